The van der Waals surface area contributed by atoms with Gasteiger partial charge >= 0.3 is 0 Å². The third kappa shape index (κ3) is 2.90. The van der Waals surface area contributed by atoms with Crippen LogP contribution >= 0.6 is 12.2 Å². The lowest BCUT2D eigenvalue weighted by Crippen LogP contribution is -2.18. The van der Waals surface area contributed by atoms with Gasteiger partial charge in [-0.25, -0.2) is 0 Å². The summed E-state index contributed by atoms with van der Waals surface area (Å²) in [4.78, 5) is 6.58. The van der Waals surface area contributed by atoms with Crippen LogP contribution in [0.3, 0.4) is 0 Å². The van der Waals surface area contributed by atoms with Crippen LogP contribution in [0.25, 0.3) is 0 Å². The number of rotatable bonds is 4. The number of thiocarbonyl (C=S) groups is 1. The van der Waals surface area contributed by atoms with Crippen molar-refractivity contribution in [3.8, 4) is 0 Å². The van der Waals surface area contributed by atoms with E-state index in [0.29, 0.717) is 4.99 Å². The average Bonchev–Trinajstić information content (AvgIpc) is 2.46. The van der Waals surface area contributed by atoms with Crippen molar-refractivity contribution in [3.05, 3.63) is 53.9 Å². The highest BCUT2D eigenvalue weighted by atomic mass is 32.1. The number of nitrogens with two attached hydrogens (primary N) is 1. The van der Waals surface area contributed by atoms with E-state index in [4.69, 9.17) is 18.0 Å². The SMILES string of the molecule is CCc1ccc(N(C)c2cnccc2C(N)=S)cc1. The minimum Gasteiger partial charge on any atom is -0.389 e. The second-order valence-electron chi connectivity index (χ2n) is 4.34. The van der Waals surface area contributed by atoms with Gasteiger partial charge < -0.3 is 10.6 Å². The van der Waals surface area contributed by atoms with Gasteiger partial charge in [-0.05, 0) is 30.2 Å². The van der Waals surface area contributed by atoms with Crippen LogP contribution in [0.5, 0.6) is 0 Å². The number of benzene rings is 1. The zero-order valence-corrected chi connectivity index (χ0v) is 11.9. The summed E-state index contributed by atoms with van der Waals surface area (Å²) in [7, 11) is 1.99. The third-order valence-electron chi connectivity index (χ3n) is 3.16. The Kier molecular flexibility index (Phi) is 4.12. The fourth-order valence-electron chi connectivity index (χ4n) is 1.96. The van der Waals surface area contributed by atoms with Crippen molar-refractivity contribution >= 4 is 28.6 Å². The number of hydrogen-bond donors (Lipinski definition) is 1. The summed E-state index contributed by atoms with van der Waals surface area (Å²) in [5.74, 6) is 0. The van der Waals surface area contributed by atoms with Crippen LogP contribution < -0.4 is 10.6 Å². The van der Waals surface area contributed by atoms with Gasteiger partial charge in [0, 0.05) is 24.5 Å². The van der Waals surface area contributed by atoms with Crippen molar-refractivity contribution in [1.82, 2.24) is 4.98 Å². The molecule has 0 fully saturated rings. The van der Waals surface area contributed by atoms with Crippen LogP contribution in [0.2, 0.25) is 0 Å². The van der Waals surface area contributed by atoms with Crippen LogP contribution in [0.4, 0.5) is 11.4 Å². The Morgan fingerprint density at radius 3 is 2.53 bits per heavy atom. The lowest BCUT2D eigenvalue weighted by molar-refractivity contribution is 1.12. The lowest BCUT2D eigenvalue weighted by Gasteiger charge is -2.22. The Hall–Kier alpha value is -1.94. The van der Waals surface area contributed by atoms with E-state index in [1.54, 1.807) is 12.4 Å². The molecule has 0 spiro atoms. The van der Waals surface area contributed by atoms with Crippen molar-refractivity contribution < 1.29 is 0 Å². The first kappa shape index (κ1) is 13.5. The molecule has 1 heterocycles. The van der Waals surface area contributed by atoms with E-state index in [-0.39, 0.29) is 0 Å². The predicted octanol–water partition coefficient (Wildman–Crippen LogP) is 3.05. The summed E-state index contributed by atoms with van der Waals surface area (Å²) in [5, 5.41) is 0. The van der Waals surface area contributed by atoms with Gasteiger partial charge in [-0.3, -0.25) is 4.98 Å². The maximum absolute atomic E-state index is 5.75. The highest BCUT2D eigenvalue weighted by Gasteiger charge is 2.11. The van der Waals surface area contributed by atoms with Gasteiger partial charge in [0.15, 0.2) is 0 Å². The summed E-state index contributed by atoms with van der Waals surface area (Å²) in [5.41, 5.74) is 9.91. The highest BCUT2D eigenvalue weighted by Crippen LogP contribution is 2.26. The Bertz CT molecular complexity index is 578. The Morgan fingerprint density at radius 1 is 1.26 bits per heavy atom. The number of aryl methyl sites for hydroxylation is 1. The quantitative estimate of drug-likeness (QED) is 0.868. The summed E-state index contributed by atoms with van der Waals surface area (Å²) >= 11 is 5.08. The van der Waals surface area contributed by atoms with E-state index in [1.807, 2.05) is 18.0 Å². The Morgan fingerprint density at radius 2 is 1.95 bits per heavy atom. The Balaban J connectivity index is 2.37. The van der Waals surface area contributed by atoms with Crippen LogP contribution in [0.1, 0.15) is 18.1 Å². The van der Waals surface area contributed by atoms with Crippen molar-refractivity contribution in [2.24, 2.45) is 5.73 Å². The van der Waals surface area contributed by atoms with Gasteiger partial charge in [-0.2, -0.15) is 0 Å². The summed E-state index contributed by atoms with van der Waals surface area (Å²) in [6.07, 6.45) is 4.52. The summed E-state index contributed by atoms with van der Waals surface area (Å²) < 4.78 is 0. The molecule has 0 aliphatic heterocycles. The molecule has 0 unspecified atom stereocenters. The van der Waals surface area contributed by atoms with Gasteiger partial charge in [-0.1, -0.05) is 31.3 Å². The van der Waals surface area contributed by atoms with Gasteiger partial charge in [0.2, 0.25) is 0 Å². The second-order valence-corrected chi connectivity index (χ2v) is 4.78. The minimum atomic E-state index is 0.384. The van der Waals surface area contributed by atoms with Gasteiger partial charge in [0.05, 0.1) is 11.9 Å². The molecular weight excluding hydrogens is 254 g/mol. The fraction of sp³-hybridized carbons (Fsp3) is 0.200. The molecule has 0 saturated heterocycles. The largest absolute Gasteiger partial charge is 0.389 e. The number of nitrogens with zero attached hydrogens (tertiary/aromatic N) is 2. The number of pyridine rings is 1. The molecule has 4 heteroatoms. The number of anilines is 2. The van der Waals surface area contributed by atoms with E-state index in [0.717, 1.165) is 23.4 Å². The van der Waals surface area contributed by atoms with Crippen molar-refractivity contribution in [2.75, 3.05) is 11.9 Å². The van der Waals surface area contributed by atoms with Crippen LogP contribution in [0, 0.1) is 0 Å². The molecular formula is C15H17N3S. The molecule has 0 aliphatic rings. The fourth-order valence-corrected chi connectivity index (χ4v) is 2.13. The highest BCUT2D eigenvalue weighted by molar-refractivity contribution is 7.80. The molecule has 2 aromatic rings. The molecule has 0 amide bonds. The normalized spacial score (nSPS) is 10.2. The molecule has 2 N–H and O–H groups in total. The van der Waals surface area contributed by atoms with Gasteiger partial charge in [0.25, 0.3) is 0 Å². The third-order valence-corrected chi connectivity index (χ3v) is 3.38. The molecule has 0 bridgehead atoms. The lowest BCUT2D eigenvalue weighted by atomic mass is 10.1. The predicted molar refractivity (Wildman–Crippen MR) is 84.0 cm³/mol. The molecule has 0 radical (unpaired) electrons. The molecule has 1 aromatic heterocycles. The van der Waals surface area contributed by atoms with Crippen LogP contribution in [-0.2, 0) is 6.42 Å². The monoisotopic (exact) mass is 271 g/mol. The van der Waals surface area contributed by atoms with Crippen molar-refractivity contribution in [2.45, 2.75) is 13.3 Å². The van der Waals surface area contributed by atoms with Crippen LogP contribution in [-0.4, -0.2) is 17.0 Å². The van der Waals surface area contributed by atoms with E-state index in [2.05, 4.69) is 36.2 Å². The average molecular weight is 271 g/mol. The van der Waals surface area contributed by atoms with E-state index < -0.39 is 0 Å². The molecule has 19 heavy (non-hydrogen) atoms. The van der Waals surface area contributed by atoms with Crippen molar-refractivity contribution in [3.63, 3.8) is 0 Å². The second kappa shape index (κ2) is 5.80. The first-order chi connectivity index (χ1) is 9.13. The minimum absolute atomic E-state index is 0.384. The molecule has 3 nitrogen and oxygen atoms in total. The first-order valence-electron chi connectivity index (χ1n) is 6.20. The van der Waals surface area contributed by atoms with E-state index in [9.17, 15) is 0 Å². The van der Waals surface area contributed by atoms with Gasteiger partial charge in [-0.15, -0.1) is 0 Å². The molecule has 0 atom stereocenters. The zero-order chi connectivity index (χ0) is 13.8. The van der Waals surface area contributed by atoms with Gasteiger partial charge in [0.1, 0.15) is 4.99 Å². The summed E-state index contributed by atoms with van der Waals surface area (Å²) in [6, 6.07) is 10.3. The van der Waals surface area contributed by atoms with Crippen LogP contribution in [0.15, 0.2) is 42.7 Å². The summed E-state index contributed by atoms with van der Waals surface area (Å²) in [6.45, 7) is 2.14. The number of hydrogen-bond acceptors (Lipinski definition) is 3. The Labute approximate surface area is 119 Å². The molecule has 1 aromatic carbocycles. The maximum atomic E-state index is 5.75. The molecule has 2 rings (SSSR count). The smallest absolute Gasteiger partial charge is 0.106 e. The topological polar surface area (TPSA) is 42.2 Å². The standard InChI is InChI=1S/C15H17N3S/c1-3-11-4-6-12(7-5-11)18(2)14-10-17-9-8-13(14)15(16)19/h4-10H,3H2,1-2H3,(H2,16,19). The number of aromatic nitrogens is 1. The van der Waals surface area contributed by atoms with E-state index >= 15 is 0 Å². The van der Waals surface area contributed by atoms with E-state index in [1.165, 1.54) is 5.56 Å². The first-order valence-corrected chi connectivity index (χ1v) is 6.60. The molecule has 0 saturated carbocycles. The zero-order valence-electron chi connectivity index (χ0n) is 11.1. The van der Waals surface area contributed by atoms with Crippen molar-refractivity contribution in [1.29, 1.82) is 0 Å². The molecule has 0 aliphatic carbocycles. The maximum Gasteiger partial charge on any atom is 0.106 e. The molecule has 98 valence electrons.